The van der Waals surface area contributed by atoms with E-state index in [1.807, 2.05) is 13.0 Å². The van der Waals surface area contributed by atoms with Crippen LogP contribution in [0.15, 0.2) is 24.3 Å². The van der Waals surface area contributed by atoms with Gasteiger partial charge in [-0.2, -0.15) is 0 Å². The summed E-state index contributed by atoms with van der Waals surface area (Å²) >= 11 is 7.00. The van der Waals surface area contributed by atoms with Crippen LogP contribution in [-0.2, 0) is 6.42 Å². The second kappa shape index (κ2) is 8.22. The molecule has 1 atom stereocenters. The van der Waals surface area contributed by atoms with Crippen molar-refractivity contribution < 1.29 is 9.90 Å². The highest BCUT2D eigenvalue weighted by Gasteiger charge is 2.16. The Morgan fingerprint density at radius 1 is 1.50 bits per heavy atom. The van der Waals surface area contributed by atoms with Gasteiger partial charge >= 0.3 is 0 Å². The van der Waals surface area contributed by atoms with Crippen LogP contribution < -0.4 is 5.32 Å². The van der Waals surface area contributed by atoms with Crippen LogP contribution in [0.5, 0.6) is 0 Å². The highest BCUT2D eigenvalue weighted by Crippen LogP contribution is 2.20. The fourth-order valence-corrected chi connectivity index (χ4v) is 2.89. The first-order valence-electron chi connectivity index (χ1n) is 7.14. The number of aliphatic hydroxyl groups excluding tert-OH is 1. The summed E-state index contributed by atoms with van der Waals surface area (Å²) in [6.45, 7) is 2.40. The molecule has 2 N–H and O–H groups in total. The number of halogens is 1. The summed E-state index contributed by atoms with van der Waals surface area (Å²) in [6, 6.07) is 7.08. The standard InChI is InChI=1S/C15H18ClN3O2S/c1-2-4-12-14(22-19-18-12)15(21)17-8-7-13(20)10-5-3-6-11(16)9-10/h3,5-6,9,13,20H,2,4,7-8H2,1H3,(H,17,21)/t13-/m0/s1. The van der Waals surface area contributed by atoms with Crippen molar-refractivity contribution in [2.75, 3.05) is 6.54 Å². The Morgan fingerprint density at radius 2 is 2.32 bits per heavy atom. The smallest absolute Gasteiger partial charge is 0.264 e. The lowest BCUT2D eigenvalue weighted by Gasteiger charge is -2.11. The Morgan fingerprint density at radius 3 is 3.05 bits per heavy atom. The number of carbonyl (C=O) groups excluding carboxylic acids is 1. The van der Waals surface area contributed by atoms with E-state index in [4.69, 9.17) is 11.6 Å². The van der Waals surface area contributed by atoms with Crippen molar-refractivity contribution in [1.29, 1.82) is 0 Å². The highest BCUT2D eigenvalue weighted by atomic mass is 35.5. The molecule has 0 aliphatic carbocycles. The van der Waals surface area contributed by atoms with E-state index in [9.17, 15) is 9.90 Å². The van der Waals surface area contributed by atoms with Crippen molar-refractivity contribution in [3.63, 3.8) is 0 Å². The maximum absolute atomic E-state index is 12.1. The van der Waals surface area contributed by atoms with Crippen LogP contribution in [0, 0.1) is 0 Å². The van der Waals surface area contributed by atoms with E-state index < -0.39 is 6.10 Å². The summed E-state index contributed by atoms with van der Waals surface area (Å²) in [5.41, 5.74) is 1.48. The van der Waals surface area contributed by atoms with Crippen molar-refractivity contribution in [1.82, 2.24) is 14.9 Å². The van der Waals surface area contributed by atoms with Crippen molar-refractivity contribution in [3.8, 4) is 0 Å². The summed E-state index contributed by atoms with van der Waals surface area (Å²) in [7, 11) is 0. The van der Waals surface area contributed by atoms with Gasteiger partial charge in [0.15, 0.2) is 0 Å². The molecule has 118 valence electrons. The molecule has 0 saturated carbocycles. The number of aromatic nitrogens is 2. The first-order chi connectivity index (χ1) is 10.6. The molecule has 1 heterocycles. The van der Waals surface area contributed by atoms with Crippen LogP contribution in [0.4, 0.5) is 0 Å². The average Bonchev–Trinajstić information content (AvgIpc) is 2.96. The predicted molar refractivity (Wildman–Crippen MR) is 87.3 cm³/mol. The molecule has 1 aromatic carbocycles. The van der Waals surface area contributed by atoms with E-state index in [-0.39, 0.29) is 5.91 Å². The minimum absolute atomic E-state index is 0.184. The molecule has 0 aliphatic rings. The van der Waals surface area contributed by atoms with Gasteiger partial charge in [0, 0.05) is 11.6 Å². The fraction of sp³-hybridized carbons (Fsp3) is 0.400. The molecule has 2 rings (SSSR count). The van der Waals surface area contributed by atoms with Gasteiger partial charge in [0.2, 0.25) is 0 Å². The Balaban J connectivity index is 1.85. The van der Waals surface area contributed by atoms with Crippen molar-refractivity contribution in [2.45, 2.75) is 32.3 Å². The maximum atomic E-state index is 12.1. The van der Waals surface area contributed by atoms with Gasteiger partial charge in [0.25, 0.3) is 5.91 Å². The molecule has 0 fully saturated rings. The van der Waals surface area contributed by atoms with E-state index >= 15 is 0 Å². The number of amides is 1. The van der Waals surface area contributed by atoms with Crippen LogP contribution in [0.1, 0.15) is 46.8 Å². The maximum Gasteiger partial charge on any atom is 0.264 e. The Bertz CT molecular complexity index is 633. The second-order valence-electron chi connectivity index (χ2n) is 4.91. The Labute approximate surface area is 138 Å². The first-order valence-corrected chi connectivity index (χ1v) is 8.30. The van der Waals surface area contributed by atoms with Gasteiger partial charge in [-0.05, 0) is 42.1 Å². The molecule has 0 aliphatic heterocycles. The minimum atomic E-state index is -0.659. The molecule has 0 saturated heterocycles. The normalized spacial score (nSPS) is 12.1. The number of nitrogens with zero attached hydrogens (tertiary/aromatic N) is 2. The average molecular weight is 340 g/mol. The molecule has 1 aromatic heterocycles. The van der Waals surface area contributed by atoms with E-state index in [1.54, 1.807) is 18.2 Å². The van der Waals surface area contributed by atoms with Crippen LogP contribution in [0.25, 0.3) is 0 Å². The zero-order chi connectivity index (χ0) is 15.9. The monoisotopic (exact) mass is 339 g/mol. The number of hydrogen-bond donors (Lipinski definition) is 2. The molecule has 7 heteroatoms. The second-order valence-corrected chi connectivity index (χ2v) is 6.10. The third kappa shape index (κ3) is 4.50. The lowest BCUT2D eigenvalue weighted by atomic mass is 10.1. The summed E-state index contributed by atoms with van der Waals surface area (Å²) < 4.78 is 3.83. The summed E-state index contributed by atoms with van der Waals surface area (Å²) in [4.78, 5) is 12.6. The molecule has 22 heavy (non-hydrogen) atoms. The Kier molecular flexibility index (Phi) is 6.30. The zero-order valence-corrected chi connectivity index (χ0v) is 13.8. The number of carbonyl (C=O) groups is 1. The third-order valence-corrected chi connectivity index (χ3v) is 4.19. The SMILES string of the molecule is CCCc1nnsc1C(=O)NCC[C@H](O)c1cccc(Cl)c1. The predicted octanol–water partition coefficient (Wildman–Crippen LogP) is 3.00. The van der Waals surface area contributed by atoms with Gasteiger partial charge in [-0.15, -0.1) is 5.10 Å². The minimum Gasteiger partial charge on any atom is -0.388 e. The lowest BCUT2D eigenvalue weighted by Crippen LogP contribution is -2.25. The highest BCUT2D eigenvalue weighted by molar-refractivity contribution is 7.08. The van der Waals surface area contributed by atoms with Gasteiger partial charge in [0.05, 0.1) is 11.8 Å². The summed E-state index contributed by atoms with van der Waals surface area (Å²) in [5, 5.41) is 17.4. The quantitative estimate of drug-likeness (QED) is 0.813. The largest absolute Gasteiger partial charge is 0.388 e. The van der Waals surface area contributed by atoms with Crippen LogP contribution in [0.2, 0.25) is 5.02 Å². The molecule has 0 unspecified atom stereocenters. The van der Waals surface area contributed by atoms with Crippen molar-refractivity contribution in [3.05, 3.63) is 45.4 Å². The third-order valence-electron chi connectivity index (χ3n) is 3.19. The molecule has 0 bridgehead atoms. The molecular formula is C15H18ClN3O2S. The van der Waals surface area contributed by atoms with E-state index in [2.05, 4.69) is 14.9 Å². The molecule has 5 nitrogen and oxygen atoms in total. The van der Waals surface area contributed by atoms with Crippen LogP contribution in [0.3, 0.4) is 0 Å². The number of nitrogens with one attached hydrogen (secondary N) is 1. The van der Waals surface area contributed by atoms with Crippen molar-refractivity contribution >= 4 is 29.0 Å². The Hall–Kier alpha value is -1.50. The number of hydrogen-bond acceptors (Lipinski definition) is 5. The number of benzene rings is 1. The van der Waals surface area contributed by atoms with E-state index in [0.717, 1.165) is 35.6 Å². The van der Waals surface area contributed by atoms with E-state index in [1.165, 1.54) is 0 Å². The first kappa shape index (κ1) is 16.9. The van der Waals surface area contributed by atoms with Crippen LogP contribution >= 0.6 is 23.1 Å². The number of aliphatic hydroxyl groups is 1. The lowest BCUT2D eigenvalue weighted by molar-refractivity contribution is 0.0945. The van der Waals surface area contributed by atoms with Gasteiger partial charge < -0.3 is 10.4 Å². The number of rotatable bonds is 7. The molecular weight excluding hydrogens is 322 g/mol. The zero-order valence-electron chi connectivity index (χ0n) is 12.3. The van der Waals surface area contributed by atoms with Crippen LogP contribution in [-0.4, -0.2) is 27.1 Å². The number of aryl methyl sites for hydroxylation is 1. The molecule has 0 radical (unpaired) electrons. The van der Waals surface area contributed by atoms with Gasteiger partial charge in [-0.25, -0.2) is 0 Å². The van der Waals surface area contributed by atoms with Gasteiger partial charge in [-0.3, -0.25) is 4.79 Å². The topological polar surface area (TPSA) is 75.1 Å². The summed E-state index contributed by atoms with van der Waals surface area (Å²) in [5.74, 6) is -0.184. The molecule has 1 amide bonds. The molecule has 2 aromatic rings. The fourth-order valence-electron chi connectivity index (χ4n) is 2.06. The summed E-state index contributed by atoms with van der Waals surface area (Å²) in [6.07, 6.45) is 1.42. The van der Waals surface area contributed by atoms with Gasteiger partial charge in [0.1, 0.15) is 4.88 Å². The van der Waals surface area contributed by atoms with E-state index in [0.29, 0.717) is 22.9 Å². The van der Waals surface area contributed by atoms with Crippen molar-refractivity contribution in [2.24, 2.45) is 0 Å². The molecule has 0 spiro atoms. The van der Waals surface area contributed by atoms with Gasteiger partial charge in [-0.1, -0.05) is 41.6 Å².